The highest BCUT2D eigenvalue weighted by Crippen LogP contribution is 2.41. The van der Waals surface area contributed by atoms with Crippen LogP contribution in [0.25, 0.3) is 65.2 Å². The zero-order valence-corrected chi connectivity index (χ0v) is 22.3. The third kappa shape index (κ3) is 3.62. The highest BCUT2D eigenvalue weighted by molar-refractivity contribution is 7.25. The fraction of sp³-hybridized carbons (Fsp3) is 0.0556. The molecule has 0 saturated carbocycles. The topological polar surface area (TPSA) is 25.8 Å². The third-order valence-corrected chi connectivity index (χ3v) is 9.01. The first-order valence-corrected chi connectivity index (χ1v) is 14.1. The van der Waals surface area contributed by atoms with Crippen molar-refractivity contribution in [1.29, 1.82) is 0 Å². The third-order valence-electron chi connectivity index (χ3n) is 7.87. The Balaban J connectivity index is 1.23. The second-order valence-corrected chi connectivity index (χ2v) is 11.3. The molecule has 0 bridgehead atoms. The quantitative estimate of drug-likeness (QED) is 0.234. The second kappa shape index (κ2) is 8.72. The van der Waals surface area contributed by atoms with Crippen molar-refractivity contribution in [3.8, 4) is 45.0 Å². The molecule has 184 valence electrons. The van der Waals surface area contributed by atoms with Gasteiger partial charge in [-0.15, -0.1) is 11.3 Å². The summed E-state index contributed by atoms with van der Waals surface area (Å²) in [6, 6.07) is 41.2. The molecule has 8 rings (SSSR count). The Bertz CT molecular complexity index is 2040. The number of hydrogen-bond donors (Lipinski definition) is 0. The molecule has 0 aliphatic heterocycles. The summed E-state index contributed by atoms with van der Waals surface area (Å²) in [5.74, 6) is 0.769. The van der Waals surface area contributed by atoms with Crippen molar-refractivity contribution in [1.82, 2.24) is 9.97 Å². The molecule has 5 aromatic carbocycles. The summed E-state index contributed by atoms with van der Waals surface area (Å²) >= 11 is 1.87. The van der Waals surface area contributed by atoms with Gasteiger partial charge in [0.15, 0.2) is 5.82 Å². The van der Waals surface area contributed by atoms with Gasteiger partial charge in [-0.05, 0) is 47.4 Å². The van der Waals surface area contributed by atoms with E-state index in [-0.39, 0.29) is 0 Å². The molecular weight excluding hydrogens is 492 g/mol. The minimum Gasteiger partial charge on any atom is -0.228 e. The first-order valence-electron chi connectivity index (χ1n) is 13.3. The predicted octanol–water partition coefficient (Wildman–Crippen LogP) is 9.73. The van der Waals surface area contributed by atoms with Gasteiger partial charge in [-0.3, -0.25) is 0 Å². The molecular formula is C36H24N2S. The maximum atomic E-state index is 5.14. The number of nitrogens with zero attached hydrogens (tertiary/aromatic N) is 2. The first kappa shape index (κ1) is 22.4. The lowest BCUT2D eigenvalue weighted by Gasteiger charge is -2.11. The van der Waals surface area contributed by atoms with Crippen LogP contribution in [0.4, 0.5) is 0 Å². The summed E-state index contributed by atoms with van der Waals surface area (Å²) in [7, 11) is 0. The summed E-state index contributed by atoms with van der Waals surface area (Å²) in [6.45, 7) is 2.20. The van der Waals surface area contributed by atoms with Gasteiger partial charge in [-0.25, -0.2) is 9.97 Å². The van der Waals surface area contributed by atoms with Gasteiger partial charge >= 0.3 is 0 Å². The molecule has 1 aliphatic rings. The van der Waals surface area contributed by atoms with Crippen LogP contribution in [0.3, 0.4) is 0 Å². The molecule has 7 aromatic rings. The van der Waals surface area contributed by atoms with Crippen LogP contribution in [0.1, 0.15) is 16.7 Å². The molecule has 0 N–H and O–H groups in total. The molecule has 0 saturated heterocycles. The lowest BCUT2D eigenvalue weighted by atomic mass is 10.00. The maximum Gasteiger partial charge on any atom is 0.160 e. The number of aryl methyl sites for hydroxylation is 1. The number of hydrogen-bond acceptors (Lipinski definition) is 3. The molecule has 39 heavy (non-hydrogen) atoms. The SMILES string of the molecule is Cc1cccc2sc3ccc(-c4ccc(-c5nc(-c6ccccc6)c6c(n5)-c5ccccc5C6)cc4)cc3c12. The van der Waals surface area contributed by atoms with Crippen LogP contribution in [0, 0.1) is 6.92 Å². The average Bonchev–Trinajstić information content (AvgIpc) is 3.56. The molecule has 2 nitrogen and oxygen atoms in total. The van der Waals surface area contributed by atoms with Gasteiger partial charge in [-0.1, -0.05) is 97.1 Å². The van der Waals surface area contributed by atoms with Gasteiger partial charge in [0.25, 0.3) is 0 Å². The van der Waals surface area contributed by atoms with Crippen LogP contribution in [-0.4, -0.2) is 9.97 Å². The smallest absolute Gasteiger partial charge is 0.160 e. The number of fused-ring (bicyclic) bond motifs is 6. The fourth-order valence-electron chi connectivity index (χ4n) is 5.93. The van der Waals surface area contributed by atoms with E-state index >= 15 is 0 Å². The summed E-state index contributed by atoms with van der Waals surface area (Å²) in [5.41, 5.74) is 11.8. The van der Waals surface area contributed by atoms with Gasteiger partial charge < -0.3 is 0 Å². The van der Waals surface area contributed by atoms with Crippen molar-refractivity contribution in [3.63, 3.8) is 0 Å². The Morgan fingerprint density at radius 3 is 2.21 bits per heavy atom. The zero-order chi connectivity index (χ0) is 25.9. The van der Waals surface area contributed by atoms with E-state index in [1.54, 1.807) is 0 Å². The summed E-state index contributed by atoms with van der Waals surface area (Å²) in [6.07, 6.45) is 0.869. The van der Waals surface area contributed by atoms with Crippen molar-refractivity contribution >= 4 is 31.5 Å². The molecule has 2 aromatic heterocycles. The van der Waals surface area contributed by atoms with E-state index in [1.807, 2.05) is 11.3 Å². The summed E-state index contributed by atoms with van der Waals surface area (Å²) in [5, 5.41) is 2.71. The predicted molar refractivity (Wildman–Crippen MR) is 164 cm³/mol. The summed E-state index contributed by atoms with van der Waals surface area (Å²) < 4.78 is 2.68. The zero-order valence-electron chi connectivity index (χ0n) is 21.5. The van der Waals surface area contributed by atoms with Crippen LogP contribution in [0.2, 0.25) is 0 Å². The highest BCUT2D eigenvalue weighted by Gasteiger charge is 2.25. The molecule has 2 heterocycles. The van der Waals surface area contributed by atoms with E-state index in [4.69, 9.17) is 9.97 Å². The lowest BCUT2D eigenvalue weighted by Crippen LogP contribution is -1.99. The minimum absolute atomic E-state index is 0.769. The molecule has 0 atom stereocenters. The molecule has 0 amide bonds. The number of benzene rings is 5. The second-order valence-electron chi connectivity index (χ2n) is 10.3. The van der Waals surface area contributed by atoms with Crippen molar-refractivity contribution in [2.45, 2.75) is 13.3 Å². The molecule has 0 unspecified atom stereocenters. The standard InChI is InChI=1S/C36H24N2S/c1-22-8-7-13-32-33(22)29-20-26(18-19-31(29)39-32)23-14-16-25(17-15-23)36-37-34(24-9-3-2-4-10-24)30-21-27-11-5-6-12-28(27)35(30)38-36/h2-20H,21H2,1H3. The Hall–Kier alpha value is -4.60. The monoisotopic (exact) mass is 516 g/mol. The largest absolute Gasteiger partial charge is 0.228 e. The Labute approximate surface area is 231 Å². The van der Waals surface area contributed by atoms with E-state index < -0.39 is 0 Å². The van der Waals surface area contributed by atoms with Crippen LogP contribution in [0.15, 0.2) is 115 Å². The van der Waals surface area contributed by atoms with E-state index in [1.165, 1.54) is 53.6 Å². The van der Waals surface area contributed by atoms with Crippen molar-refractivity contribution in [3.05, 3.63) is 132 Å². The average molecular weight is 517 g/mol. The van der Waals surface area contributed by atoms with Crippen LogP contribution in [-0.2, 0) is 6.42 Å². The van der Waals surface area contributed by atoms with Gasteiger partial charge in [-0.2, -0.15) is 0 Å². The molecule has 3 heteroatoms. The maximum absolute atomic E-state index is 5.14. The van der Waals surface area contributed by atoms with E-state index in [9.17, 15) is 0 Å². The van der Waals surface area contributed by atoms with Gasteiger partial charge in [0, 0.05) is 48.8 Å². The van der Waals surface area contributed by atoms with E-state index in [2.05, 4.69) is 122 Å². The van der Waals surface area contributed by atoms with Crippen molar-refractivity contribution in [2.75, 3.05) is 0 Å². The molecule has 0 radical (unpaired) electrons. The van der Waals surface area contributed by atoms with Gasteiger partial charge in [0.1, 0.15) is 0 Å². The number of thiophene rings is 1. The highest BCUT2D eigenvalue weighted by atomic mass is 32.1. The van der Waals surface area contributed by atoms with Crippen LogP contribution in [0.5, 0.6) is 0 Å². The first-order chi connectivity index (χ1) is 19.2. The van der Waals surface area contributed by atoms with Gasteiger partial charge in [0.05, 0.1) is 11.4 Å². The van der Waals surface area contributed by atoms with Gasteiger partial charge in [0.2, 0.25) is 0 Å². The number of aromatic nitrogens is 2. The number of rotatable bonds is 3. The normalized spacial score (nSPS) is 12.1. The Kier molecular flexibility index (Phi) is 5.01. The van der Waals surface area contributed by atoms with Crippen LogP contribution >= 0.6 is 11.3 Å². The van der Waals surface area contributed by atoms with E-state index in [0.29, 0.717) is 0 Å². The molecule has 1 aliphatic carbocycles. The Morgan fingerprint density at radius 1 is 0.590 bits per heavy atom. The lowest BCUT2D eigenvalue weighted by molar-refractivity contribution is 1.13. The minimum atomic E-state index is 0.769. The van der Waals surface area contributed by atoms with E-state index in [0.717, 1.165) is 34.8 Å². The Morgan fingerprint density at radius 2 is 1.33 bits per heavy atom. The molecule has 0 fully saturated rings. The molecule has 0 spiro atoms. The van der Waals surface area contributed by atoms with Crippen LogP contribution < -0.4 is 0 Å². The van der Waals surface area contributed by atoms with Crippen molar-refractivity contribution < 1.29 is 0 Å². The van der Waals surface area contributed by atoms with Crippen molar-refractivity contribution in [2.24, 2.45) is 0 Å². The fourth-order valence-corrected chi connectivity index (χ4v) is 7.09. The summed E-state index contributed by atoms with van der Waals surface area (Å²) in [4.78, 5) is 10.3.